The van der Waals surface area contributed by atoms with Crippen molar-refractivity contribution in [1.82, 2.24) is 14.9 Å². The number of aryl methyl sites for hydroxylation is 1. The van der Waals surface area contributed by atoms with E-state index in [1.807, 2.05) is 6.07 Å². The Balaban J connectivity index is 1.87. The fourth-order valence-electron chi connectivity index (χ4n) is 3.07. The highest BCUT2D eigenvalue weighted by Gasteiger charge is 2.21. The number of methoxy groups -OCH3 is 1. The quantitative estimate of drug-likeness (QED) is 0.880. The fourth-order valence-corrected chi connectivity index (χ4v) is 3.07. The first-order chi connectivity index (χ1) is 10.3. The first-order valence-corrected chi connectivity index (χ1v) is 7.68. The zero-order chi connectivity index (χ0) is 14.7. The Morgan fingerprint density at radius 3 is 3.00 bits per heavy atom. The number of anilines is 1. The van der Waals surface area contributed by atoms with Gasteiger partial charge in [-0.3, -0.25) is 0 Å². The van der Waals surface area contributed by atoms with Gasteiger partial charge in [0.2, 0.25) is 5.95 Å². The Bertz CT molecular complexity index is 589. The van der Waals surface area contributed by atoms with E-state index in [9.17, 15) is 0 Å². The van der Waals surface area contributed by atoms with Crippen LogP contribution in [0, 0.1) is 0 Å². The second-order valence-electron chi connectivity index (χ2n) is 5.69. The Kier molecular flexibility index (Phi) is 4.41. The van der Waals surface area contributed by atoms with E-state index in [0.717, 1.165) is 37.7 Å². The molecule has 2 aromatic rings. The minimum atomic E-state index is 0.557. The van der Waals surface area contributed by atoms with Crippen LogP contribution in [0.2, 0.25) is 0 Å². The first-order valence-electron chi connectivity index (χ1n) is 7.68. The van der Waals surface area contributed by atoms with E-state index in [4.69, 9.17) is 9.72 Å². The molecule has 2 heterocycles. The number of benzene rings is 1. The van der Waals surface area contributed by atoms with Crippen LogP contribution in [0.25, 0.3) is 11.0 Å². The first kappa shape index (κ1) is 14.4. The summed E-state index contributed by atoms with van der Waals surface area (Å²) in [5, 5.41) is 3.57. The van der Waals surface area contributed by atoms with Crippen LogP contribution in [0.4, 0.5) is 5.95 Å². The molecule has 1 aromatic carbocycles. The fraction of sp³-hybridized carbons (Fsp3) is 0.562. The molecule has 0 bridgehead atoms. The van der Waals surface area contributed by atoms with Gasteiger partial charge in [-0.15, -0.1) is 0 Å². The van der Waals surface area contributed by atoms with Crippen molar-refractivity contribution in [3.05, 3.63) is 24.3 Å². The second-order valence-corrected chi connectivity index (χ2v) is 5.69. The van der Waals surface area contributed by atoms with Crippen LogP contribution in [-0.2, 0) is 11.8 Å². The molecule has 1 unspecified atom stereocenters. The number of nitrogens with one attached hydrogen (secondary N) is 1. The van der Waals surface area contributed by atoms with Gasteiger partial charge >= 0.3 is 0 Å². The second kappa shape index (κ2) is 6.45. The summed E-state index contributed by atoms with van der Waals surface area (Å²) < 4.78 is 7.45. The zero-order valence-electron chi connectivity index (χ0n) is 12.9. The molecule has 1 fully saturated rings. The molecule has 1 aliphatic heterocycles. The molecule has 0 radical (unpaired) electrons. The van der Waals surface area contributed by atoms with E-state index in [1.165, 1.54) is 18.4 Å². The van der Waals surface area contributed by atoms with Crippen LogP contribution in [-0.4, -0.2) is 48.9 Å². The normalized spacial score (nSPS) is 18.5. The van der Waals surface area contributed by atoms with Crippen molar-refractivity contribution >= 4 is 17.0 Å². The minimum Gasteiger partial charge on any atom is -0.383 e. The van der Waals surface area contributed by atoms with Gasteiger partial charge in [0.1, 0.15) is 0 Å². The number of hydrogen-bond donors (Lipinski definition) is 1. The summed E-state index contributed by atoms with van der Waals surface area (Å²) in [6.45, 7) is 3.70. The molecule has 5 nitrogen and oxygen atoms in total. The highest BCUT2D eigenvalue weighted by molar-refractivity contribution is 5.78. The molecule has 21 heavy (non-hydrogen) atoms. The van der Waals surface area contributed by atoms with Crippen molar-refractivity contribution in [3.8, 4) is 0 Å². The molecule has 1 N–H and O–H groups in total. The maximum Gasteiger partial charge on any atom is 0.206 e. The number of nitrogens with zero attached hydrogens (tertiary/aromatic N) is 3. The summed E-state index contributed by atoms with van der Waals surface area (Å²) in [7, 11) is 3.84. The predicted molar refractivity (Wildman–Crippen MR) is 85.8 cm³/mol. The van der Waals surface area contributed by atoms with Gasteiger partial charge in [-0.2, -0.15) is 0 Å². The van der Waals surface area contributed by atoms with E-state index in [-0.39, 0.29) is 0 Å². The molecule has 0 saturated carbocycles. The van der Waals surface area contributed by atoms with Gasteiger partial charge in [-0.1, -0.05) is 12.1 Å². The molecule has 1 aromatic heterocycles. The van der Waals surface area contributed by atoms with Gasteiger partial charge in [-0.25, -0.2) is 4.98 Å². The third-order valence-electron chi connectivity index (χ3n) is 4.21. The van der Waals surface area contributed by atoms with Gasteiger partial charge in [-0.05, 0) is 31.5 Å². The molecule has 5 heteroatoms. The lowest BCUT2D eigenvalue weighted by Crippen LogP contribution is -2.40. The number of para-hydroxylation sites is 2. The monoisotopic (exact) mass is 288 g/mol. The van der Waals surface area contributed by atoms with Crippen LogP contribution in [0.15, 0.2) is 24.3 Å². The third kappa shape index (κ3) is 3.04. The number of hydrogen-bond acceptors (Lipinski definition) is 4. The lowest BCUT2D eigenvalue weighted by Gasteiger charge is -2.26. The van der Waals surface area contributed by atoms with Crippen LogP contribution < -0.4 is 10.2 Å². The Hall–Kier alpha value is -1.59. The van der Waals surface area contributed by atoms with Crippen LogP contribution in [0.1, 0.15) is 12.8 Å². The topological polar surface area (TPSA) is 42.3 Å². The molecular formula is C16H24N4O. The average Bonchev–Trinajstić information content (AvgIpc) is 3.12. The van der Waals surface area contributed by atoms with Gasteiger partial charge in [0.25, 0.3) is 0 Å². The Labute approximate surface area is 125 Å². The summed E-state index contributed by atoms with van der Waals surface area (Å²) in [5.41, 5.74) is 2.23. The molecule has 3 rings (SSSR count). The number of fused-ring (bicyclic) bond motifs is 1. The third-order valence-corrected chi connectivity index (χ3v) is 4.21. The van der Waals surface area contributed by atoms with Gasteiger partial charge < -0.3 is 19.5 Å². The maximum atomic E-state index is 5.27. The van der Waals surface area contributed by atoms with Crippen molar-refractivity contribution in [1.29, 1.82) is 0 Å². The summed E-state index contributed by atoms with van der Waals surface area (Å²) in [6, 6.07) is 8.85. The van der Waals surface area contributed by atoms with E-state index < -0.39 is 0 Å². The summed E-state index contributed by atoms with van der Waals surface area (Å²) in [4.78, 5) is 7.15. The predicted octanol–water partition coefficient (Wildman–Crippen LogP) is 1.78. The largest absolute Gasteiger partial charge is 0.383 e. The zero-order valence-corrected chi connectivity index (χ0v) is 12.9. The van der Waals surface area contributed by atoms with Gasteiger partial charge in [0.05, 0.1) is 17.6 Å². The summed E-state index contributed by atoms with van der Waals surface area (Å²) in [5.74, 6) is 1.03. The SMILES string of the molecule is COCCN(CC1CCCN1)c1nc2ccccc2n1C. The van der Waals surface area contributed by atoms with Crippen molar-refractivity contribution in [2.24, 2.45) is 7.05 Å². The van der Waals surface area contributed by atoms with Gasteiger partial charge in [0.15, 0.2) is 0 Å². The van der Waals surface area contributed by atoms with E-state index in [2.05, 4.69) is 40.0 Å². The van der Waals surface area contributed by atoms with Crippen molar-refractivity contribution < 1.29 is 4.74 Å². The molecule has 0 spiro atoms. The molecule has 1 aliphatic rings. The van der Waals surface area contributed by atoms with Crippen molar-refractivity contribution in [2.75, 3.05) is 38.3 Å². The number of imidazole rings is 1. The average molecular weight is 288 g/mol. The van der Waals surface area contributed by atoms with Gasteiger partial charge in [0, 0.05) is 33.3 Å². The Morgan fingerprint density at radius 2 is 2.29 bits per heavy atom. The standard InChI is InChI=1S/C16H24N4O/c1-19-15-8-4-3-7-14(15)18-16(19)20(10-11-21-2)12-13-6-5-9-17-13/h3-4,7-8,13,17H,5-6,9-12H2,1-2H3. The Morgan fingerprint density at radius 1 is 1.43 bits per heavy atom. The molecule has 0 amide bonds. The molecule has 0 aliphatic carbocycles. The maximum absolute atomic E-state index is 5.27. The summed E-state index contributed by atoms with van der Waals surface area (Å²) in [6.07, 6.45) is 2.51. The molecule has 114 valence electrons. The minimum absolute atomic E-state index is 0.557. The molecule has 1 saturated heterocycles. The number of aromatic nitrogens is 2. The lowest BCUT2D eigenvalue weighted by molar-refractivity contribution is 0.204. The van der Waals surface area contributed by atoms with E-state index >= 15 is 0 Å². The number of ether oxygens (including phenoxy) is 1. The smallest absolute Gasteiger partial charge is 0.206 e. The summed E-state index contributed by atoms with van der Waals surface area (Å²) >= 11 is 0. The van der Waals surface area contributed by atoms with Crippen LogP contribution in [0.5, 0.6) is 0 Å². The molecule has 1 atom stereocenters. The van der Waals surface area contributed by atoms with E-state index in [0.29, 0.717) is 6.04 Å². The van der Waals surface area contributed by atoms with E-state index in [1.54, 1.807) is 7.11 Å². The molecular weight excluding hydrogens is 264 g/mol. The van der Waals surface area contributed by atoms with Crippen LogP contribution in [0.3, 0.4) is 0 Å². The lowest BCUT2D eigenvalue weighted by atomic mass is 10.2. The van der Waals surface area contributed by atoms with Crippen LogP contribution >= 0.6 is 0 Å². The highest BCUT2D eigenvalue weighted by atomic mass is 16.5. The van der Waals surface area contributed by atoms with Crippen molar-refractivity contribution in [3.63, 3.8) is 0 Å². The van der Waals surface area contributed by atoms with Crippen molar-refractivity contribution in [2.45, 2.75) is 18.9 Å². The highest BCUT2D eigenvalue weighted by Crippen LogP contribution is 2.22. The number of rotatable bonds is 6.